The van der Waals surface area contributed by atoms with Crippen molar-refractivity contribution in [2.75, 3.05) is 20.2 Å². The highest BCUT2D eigenvalue weighted by molar-refractivity contribution is 5.74. The normalized spacial score (nSPS) is 47.7. The fraction of sp³-hybridized carbons (Fsp3) is 0.909. The first-order chi connectivity index (χ1) is 7.27. The second-order valence-corrected chi connectivity index (χ2v) is 4.94. The molecule has 3 fully saturated rings. The summed E-state index contributed by atoms with van der Waals surface area (Å²) < 4.78 is 5.67. The van der Waals surface area contributed by atoms with Crippen molar-refractivity contribution in [3.63, 3.8) is 0 Å². The van der Waals surface area contributed by atoms with Gasteiger partial charge < -0.3 is 4.74 Å². The third-order valence-corrected chi connectivity index (χ3v) is 4.30. The number of nitrogens with zero attached hydrogens (tertiary/aromatic N) is 1. The lowest BCUT2D eigenvalue weighted by Gasteiger charge is -2.33. The number of quaternary nitrogens is 1. The quantitative estimate of drug-likeness (QED) is 0.478. The molecule has 3 saturated heterocycles. The van der Waals surface area contributed by atoms with E-state index in [1.807, 2.05) is 0 Å². The van der Waals surface area contributed by atoms with Crippen molar-refractivity contribution in [2.24, 2.45) is 5.92 Å². The number of carbonyl (C=O) groups excluding carboxylic acids is 1. The molecule has 0 saturated carbocycles. The van der Waals surface area contributed by atoms with Crippen LogP contribution in [-0.2, 0) is 14.4 Å². The van der Waals surface area contributed by atoms with Crippen molar-refractivity contribution in [2.45, 2.75) is 37.8 Å². The molecule has 0 N–H and O–H groups in total. The van der Waals surface area contributed by atoms with Crippen LogP contribution in [0.3, 0.4) is 0 Å². The second-order valence-electron chi connectivity index (χ2n) is 4.94. The van der Waals surface area contributed by atoms with Crippen LogP contribution < -0.4 is 0 Å². The van der Waals surface area contributed by atoms with E-state index in [0.29, 0.717) is 6.04 Å². The van der Waals surface area contributed by atoms with Gasteiger partial charge in [0.1, 0.15) is 31.2 Å². The van der Waals surface area contributed by atoms with Gasteiger partial charge in [-0.2, -0.15) is 9.48 Å². The summed E-state index contributed by atoms with van der Waals surface area (Å²) in [4.78, 5) is 17.9. The van der Waals surface area contributed by atoms with Crippen molar-refractivity contribution in [3.8, 4) is 0 Å². The lowest BCUT2D eigenvalue weighted by molar-refractivity contribution is -1.11. The predicted molar refractivity (Wildman–Crippen MR) is 52.6 cm³/mol. The SMILES string of the molecule is COC(=O)[C@H]1[C@@H]2CCC[N+]3(CCC[C@@H]13)O2. The molecule has 3 aliphatic heterocycles. The predicted octanol–water partition coefficient (Wildman–Crippen LogP) is 0.862. The molecule has 0 aromatic heterocycles. The molecule has 0 aliphatic carbocycles. The van der Waals surface area contributed by atoms with Gasteiger partial charge in [0.05, 0.1) is 7.11 Å². The van der Waals surface area contributed by atoms with Gasteiger partial charge >= 0.3 is 5.97 Å². The van der Waals surface area contributed by atoms with Crippen LogP contribution in [-0.4, -0.2) is 43.0 Å². The van der Waals surface area contributed by atoms with E-state index < -0.39 is 0 Å². The molecule has 2 bridgehead atoms. The summed E-state index contributed by atoms with van der Waals surface area (Å²) >= 11 is 0. The number of methoxy groups -OCH3 is 1. The fourth-order valence-electron chi connectivity index (χ4n) is 3.72. The number of ether oxygens (including phenoxy) is 1. The minimum atomic E-state index is -0.0613. The van der Waals surface area contributed by atoms with Crippen LogP contribution in [0.15, 0.2) is 0 Å². The molecule has 15 heavy (non-hydrogen) atoms. The number of hydrogen-bond donors (Lipinski definition) is 0. The van der Waals surface area contributed by atoms with Gasteiger partial charge in [-0.25, -0.2) is 0 Å². The Hall–Kier alpha value is -0.610. The van der Waals surface area contributed by atoms with Gasteiger partial charge in [0.25, 0.3) is 0 Å². The maximum atomic E-state index is 11.8. The first-order valence-electron chi connectivity index (χ1n) is 5.90. The van der Waals surface area contributed by atoms with Crippen molar-refractivity contribution < 1.29 is 19.0 Å². The first-order valence-corrected chi connectivity index (χ1v) is 5.90. The third kappa shape index (κ3) is 1.18. The first kappa shape index (κ1) is 9.60. The van der Waals surface area contributed by atoms with Crippen LogP contribution in [0.1, 0.15) is 25.7 Å². The van der Waals surface area contributed by atoms with E-state index in [1.54, 1.807) is 0 Å². The van der Waals surface area contributed by atoms with Crippen LogP contribution in [0, 0.1) is 5.92 Å². The number of fused-ring (bicyclic) bond motifs is 1. The Morgan fingerprint density at radius 3 is 2.80 bits per heavy atom. The monoisotopic (exact) mass is 212 g/mol. The van der Waals surface area contributed by atoms with Gasteiger partial charge in [-0.05, 0) is 6.42 Å². The molecular formula is C11H18NO3+. The summed E-state index contributed by atoms with van der Waals surface area (Å²) in [6, 6.07) is 0.380. The number of rotatable bonds is 1. The summed E-state index contributed by atoms with van der Waals surface area (Å²) in [5.74, 6) is -0.0613. The number of hydroxylamine groups is 3. The van der Waals surface area contributed by atoms with Crippen molar-refractivity contribution in [3.05, 3.63) is 0 Å². The van der Waals surface area contributed by atoms with Crippen molar-refractivity contribution in [1.82, 2.24) is 0 Å². The molecule has 4 heteroatoms. The Kier molecular flexibility index (Phi) is 2.04. The molecule has 3 rings (SSSR count). The van der Waals surface area contributed by atoms with E-state index in [2.05, 4.69) is 0 Å². The van der Waals surface area contributed by atoms with Crippen LogP contribution >= 0.6 is 0 Å². The highest BCUT2D eigenvalue weighted by Crippen LogP contribution is 2.47. The summed E-state index contributed by atoms with van der Waals surface area (Å²) in [6.45, 7) is 2.18. The van der Waals surface area contributed by atoms with Crippen molar-refractivity contribution in [1.29, 1.82) is 0 Å². The number of carbonyl (C=O) groups is 1. The molecule has 0 radical (unpaired) electrons. The van der Waals surface area contributed by atoms with Gasteiger partial charge in [0, 0.05) is 19.3 Å². The van der Waals surface area contributed by atoms with Gasteiger partial charge in [-0.1, -0.05) is 0 Å². The molecule has 3 heterocycles. The molecule has 4 nitrogen and oxygen atoms in total. The van der Waals surface area contributed by atoms with Gasteiger partial charge in [-0.3, -0.25) is 4.79 Å². The molecular weight excluding hydrogens is 194 g/mol. The van der Waals surface area contributed by atoms with E-state index in [0.717, 1.165) is 30.6 Å². The molecule has 0 aromatic rings. The van der Waals surface area contributed by atoms with Crippen LogP contribution in [0.2, 0.25) is 0 Å². The Labute approximate surface area is 89.7 Å². The van der Waals surface area contributed by atoms with E-state index in [4.69, 9.17) is 9.57 Å². The molecule has 3 aliphatic rings. The van der Waals surface area contributed by atoms with E-state index in [1.165, 1.54) is 20.0 Å². The minimum absolute atomic E-state index is 0.000000000000000666. The molecule has 4 atom stereocenters. The fourth-order valence-corrected chi connectivity index (χ4v) is 3.72. The summed E-state index contributed by atoms with van der Waals surface area (Å²) in [5.41, 5.74) is 0. The Bertz CT molecular complexity index is 294. The molecule has 84 valence electrons. The smallest absolute Gasteiger partial charge is 0.317 e. The summed E-state index contributed by atoms with van der Waals surface area (Å²) in [7, 11) is 1.49. The molecule has 1 spiro atoms. The Morgan fingerprint density at radius 2 is 2.07 bits per heavy atom. The van der Waals surface area contributed by atoms with Crippen LogP contribution in [0.5, 0.6) is 0 Å². The Balaban J connectivity index is 1.92. The average molecular weight is 212 g/mol. The third-order valence-electron chi connectivity index (χ3n) is 4.30. The van der Waals surface area contributed by atoms with E-state index in [-0.39, 0.29) is 18.0 Å². The van der Waals surface area contributed by atoms with E-state index in [9.17, 15) is 4.79 Å². The van der Waals surface area contributed by atoms with Crippen molar-refractivity contribution >= 4 is 5.97 Å². The van der Waals surface area contributed by atoms with Gasteiger partial charge in [0.15, 0.2) is 0 Å². The maximum absolute atomic E-state index is 11.8. The lowest BCUT2D eigenvalue weighted by atomic mass is 9.92. The van der Waals surface area contributed by atoms with Gasteiger partial charge in [-0.15, -0.1) is 0 Å². The standard InChI is InChI=1S/C11H18NO3/c1-14-11(13)10-8-4-2-6-12(8)7-3-5-9(10)15-12/h8-10H,2-7H2,1H3/q+1/t8-,9-,10+,12?/m0/s1. The summed E-state index contributed by atoms with van der Waals surface area (Å²) in [5, 5.41) is 0. The summed E-state index contributed by atoms with van der Waals surface area (Å²) in [6.07, 6.45) is 4.64. The zero-order valence-electron chi connectivity index (χ0n) is 9.15. The average Bonchev–Trinajstić information content (AvgIpc) is 2.70. The lowest BCUT2D eigenvalue weighted by Crippen LogP contribution is -2.49. The number of hydrogen-bond acceptors (Lipinski definition) is 3. The highest BCUT2D eigenvalue weighted by atomic mass is 16.7. The van der Waals surface area contributed by atoms with Crippen LogP contribution in [0.25, 0.3) is 0 Å². The number of esters is 1. The highest BCUT2D eigenvalue weighted by Gasteiger charge is 2.63. The maximum Gasteiger partial charge on any atom is 0.317 e. The topological polar surface area (TPSA) is 35.5 Å². The van der Waals surface area contributed by atoms with Crippen LogP contribution in [0.4, 0.5) is 0 Å². The second kappa shape index (κ2) is 3.19. The molecule has 0 amide bonds. The molecule has 0 aromatic carbocycles. The Morgan fingerprint density at radius 1 is 1.33 bits per heavy atom. The van der Waals surface area contributed by atoms with E-state index >= 15 is 0 Å². The zero-order valence-corrected chi connectivity index (χ0v) is 9.15. The van der Waals surface area contributed by atoms with Gasteiger partial charge in [0.2, 0.25) is 0 Å². The zero-order chi connectivity index (χ0) is 10.5. The minimum Gasteiger partial charge on any atom is -0.469 e. The largest absolute Gasteiger partial charge is 0.469 e. The molecule has 1 unspecified atom stereocenters.